The van der Waals surface area contributed by atoms with E-state index in [1.54, 1.807) is 0 Å². The van der Waals surface area contributed by atoms with Gasteiger partial charge in [-0.1, -0.05) is 11.6 Å². The van der Waals surface area contributed by atoms with E-state index in [4.69, 9.17) is 4.74 Å². The first-order valence-electron chi connectivity index (χ1n) is 8.87. The van der Waals surface area contributed by atoms with Gasteiger partial charge in [0.15, 0.2) is 0 Å². The molecule has 1 aromatic heterocycles. The molecule has 0 aliphatic heterocycles. The van der Waals surface area contributed by atoms with Crippen molar-refractivity contribution in [3.63, 3.8) is 0 Å². The van der Waals surface area contributed by atoms with Crippen molar-refractivity contribution in [1.82, 2.24) is 10.3 Å². The number of aryl methyl sites for hydroxylation is 1. The fraction of sp³-hybridized carbons (Fsp3) is 0.250. The van der Waals surface area contributed by atoms with Crippen LogP contribution in [0.2, 0.25) is 0 Å². The summed E-state index contributed by atoms with van der Waals surface area (Å²) in [6, 6.07) is 10.3. The number of anilines is 1. The molecule has 3 rings (SSSR count). The van der Waals surface area contributed by atoms with Crippen LogP contribution < -0.4 is 15.4 Å². The molecular formula is C20H22N4O4. The van der Waals surface area contributed by atoms with Gasteiger partial charge < -0.3 is 20.4 Å². The number of aromatic amines is 1. The third kappa shape index (κ3) is 4.47. The molecule has 0 aliphatic rings. The quantitative estimate of drug-likeness (QED) is 0.315. The Hall–Kier alpha value is -3.39. The topological polar surface area (TPSA) is 109 Å². The zero-order valence-corrected chi connectivity index (χ0v) is 15.7. The molecule has 0 saturated carbocycles. The molecule has 3 aromatic rings. The minimum absolute atomic E-state index is 0.0954. The molecule has 0 bridgehead atoms. The number of fused-ring (bicyclic) bond motifs is 1. The molecule has 0 aliphatic carbocycles. The molecule has 1 heterocycles. The first kappa shape index (κ1) is 19.4. The first-order chi connectivity index (χ1) is 13.5. The second-order valence-electron chi connectivity index (χ2n) is 6.48. The van der Waals surface area contributed by atoms with Crippen molar-refractivity contribution in [2.24, 2.45) is 0 Å². The molecule has 0 saturated heterocycles. The number of rotatable bonds is 8. The predicted molar refractivity (Wildman–Crippen MR) is 108 cm³/mol. The number of methoxy groups -OCH3 is 1. The maximum atomic E-state index is 12.1. The number of H-pyrrole nitrogens is 1. The zero-order chi connectivity index (χ0) is 20.1. The molecule has 146 valence electrons. The summed E-state index contributed by atoms with van der Waals surface area (Å²) in [5, 5.41) is 17.8. The molecule has 0 unspecified atom stereocenters. The number of nitro benzene ring substituents is 1. The number of nitrogens with one attached hydrogen (secondary N) is 3. The zero-order valence-electron chi connectivity index (χ0n) is 15.7. The van der Waals surface area contributed by atoms with Crippen LogP contribution >= 0.6 is 0 Å². The molecule has 1 amide bonds. The van der Waals surface area contributed by atoms with Gasteiger partial charge in [-0.15, -0.1) is 0 Å². The summed E-state index contributed by atoms with van der Waals surface area (Å²) < 4.78 is 5.12. The summed E-state index contributed by atoms with van der Waals surface area (Å²) in [7, 11) is 1.40. The highest BCUT2D eigenvalue weighted by Crippen LogP contribution is 2.28. The number of hydrogen-bond acceptors (Lipinski definition) is 5. The normalized spacial score (nSPS) is 10.8. The van der Waals surface area contributed by atoms with E-state index < -0.39 is 4.92 Å². The van der Waals surface area contributed by atoms with Crippen molar-refractivity contribution in [3.05, 3.63) is 63.8 Å². The Morgan fingerprint density at radius 2 is 2.07 bits per heavy atom. The second-order valence-corrected chi connectivity index (χ2v) is 6.48. The Labute approximate surface area is 162 Å². The lowest BCUT2D eigenvalue weighted by Gasteiger charge is -2.10. The number of benzene rings is 2. The summed E-state index contributed by atoms with van der Waals surface area (Å²) in [5.74, 6) is -0.00126. The van der Waals surface area contributed by atoms with Crippen molar-refractivity contribution < 1.29 is 14.5 Å². The van der Waals surface area contributed by atoms with E-state index in [9.17, 15) is 14.9 Å². The molecule has 0 atom stereocenters. The second kappa shape index (κ2) is 8.53. The summed E-state index contributed by atoms with van der Waals surface area (Å²) in [6.45, 7) is 2.83. The molecule has 0 radical (unpaired) electrons. The van der Waals surface area contributed by atoms with Gasteiger partial charge in [0.25, 0.3) is 5.69 Å². The van der Waals surface area contributed by atoms with Gasteiger partial charge >= 0.3 is 0 Å². The van der Waals surface area contributed by atoms with E-state index >= 15 is 0 Å². The van der Waals surface area contributed by atoms with Crippen molar-refractivity contribution in [1.29, 1.82) is 0 Å². The molecule has 8 heteroatoms. The highest BCUT2D eigenvalue weighted by Gasteiger charge is 2.13. The maximum absolute atomic E-state index is 12.1. The lowest BCUT2D eigenvalue weighted by molar-refractivity contribution is -0.384. The van der Waals surface area contributed by atoms with Crippen LogP contribution in [-0.2, 0) is 11.2 Å². The Bertz CT molecular complexity index is 1010. The molecule has 8 nitrogen and oxygen atoms in total. The number of amides is 1. The first-order valence-corrected chi connectivity index (χ1v) is 8.87. The Morgan fingerprint density at radius 3 is 2.82 bits per heavy atom. The smallest absolute Gasteiger partial charge is 0.273 e. The fourth-order valence-corrected chi connectivity index (χ4v) is 3.02. The molecule has 2 aromatic carbocycles. The average Bonchev–Trinajstić information content (AvgIpc) is 3.07. The standard InChI is InChI=1S/C20H22N4O4/c1-13-3-5-17-16(9-13)14(11-22-17)7-8-21-12-20(25)23-18-6-4-15(24(26)27)10-19(18)28-2/h3-6,9-11,21-22H,7-8,12H2,1-2H3,(H,23,25). The van der Waals surface area contributed by atoms with E-state index in [1.165, 1.54) is 41.8 Å². The molecule has 0 spiro atoms. The lowest BCUT2D eigenvalue weighted by Crippen LogP contribution is -2.29. The molecule has 28 heavy (non-hydrogen) atoms. The van der Waals surface area contributed by atoms with Gasteiger partial charge in [-0.05, 0) is 43.7 Å². The van der Waals surface area contributed by atoms with Crippen molar-refractivity contribution in [2.45, 2.75) is 13.3 Å². The van der Waals surface area contributed by atoms with Crippen molar-refractivity contribution in [2.75, 3.05) is 25.5 Å². The highest BCUT2D eigenvalue weighted by atomic mass is 16.6. The number of hydrogen-bond donors (Lipinski definition) is 3. The minimum Gasteiger partial charge on any atom is -0.494 e. The fourth-order valence-electron chi connectivity index (χ4n) is 3.02. The minimum atomic E-state index is -0.512. The summed E-state index contributed by atoms with van der Waals surface area (Å²) in [4.78, 5) is 25.7. The van der Waals surface area contributed by atoms with Crippen LogP contribution in [0.4, 0.5) is 11.4 Å². The highest BCUT2D eigenvalue weighted by molar-refractivity contribution is 5.94. The van der Waals surface area contributed by atoms with Crippen molar-refractivity contribution >= 4 is 28.2 Å². The predicted octanol–water partition coefficient (Wildman–Crippen LogP) is 3.16. The monoisotopic (exact) mass is 382 g/mol. The average molecular weight is 382 g/mol. The summed E-state index contributed by atoms with van der Waals surface area (Å²) in [5.41, 5.74) is 3.80. The third-order valence-corrected chi connectivity index (χ3v) is 4.45. The summed E-state index contributed by atoms with van der Waals surface area (Å²) >= 11 is 0. The number of carbonyl (C=O) groups excluding carboxylic acids is 1. The van der Waals surface area contributed by atoms with Crippen LogP contribution in [0.1, 0.15) is 11.1 Å². The number of ether oxygens (including phenoxy) is 1. The van der Waals surface area contributed by atoms with Gasteiger partial charge in [0.2, 0.25) is 5.91 Å². The van der Waals surface area contributed by atoms with Gasteiger partial charge in [-0.25, -0.2) is 0 Å². The van der Waals surface area contributed by atoms with E-state index in [2.05, 4.69) is 40.7 Å². The molecular weight excluding hydrogens is 360 g/mol. The number of carbonyl (C=O) groups is 1. The largest absolute Gasteiger partial charge is 0.494 e. The van der Waals surface area contributed by atoms with Crippen LogP contribution in [0.25, 0.3) is 10.9 Å². The van der Waals surface area contributed by atoms with Crippen molar-refractivity contribution in [3.8, 4) is 5.75 Å². The number of non-ortho nitro benzene ring substituents is 1. The number of nitro groups is 1. The molecule has 3 N–H and O–H groups in total. The Balaban J connectivity index is 1.52. The van der Waals surface area contributed by atoms with Gasteiger partial charge in [-0.3, -0.25) is 14.9 Å². The van der Waals surface area contributed by atoms with Crippen LogP contribution in [0.5, 0.6) is 5.75 Å². The van der Waals surface area contributed by atoms with Gasteiger partial charge in [0.05, 0.1) is 30.3 Å². The van der Waals surface area contributed by atoms with E-state index in [1.807, 2.05) is 6.20 Å². The van der Waals surface area contributed by atoms with Crippen LogP contribution in [0, 0.1) is 17.0 Å². The van der Waals surface area contributed by atoms with Gasteiger partial charge in [0, 0.05) is 23.2 Å². The third-order valence-electron chi connectivity index (χ3n) is 4.45. The van der Waals surface area contributed by atoms with Crippen LogP contribution in [0.15, 0.2) is 42.6 Å². The van der Waals surface area contributed by atoms with Gasteiger partial charge in [0.1, 0.15) is 5.75 Å². The maximum Gasteiger partial charge on any atom is 0.273 e. The lowest BCUT2D eigenvalue weighted by atomic mass is 10.1. The Kier molecular flexibility index (Phi) is 5.90. The van der Waals surface area contributed by atoms with E-state index in [0.29, 0.717) is 12.2 Å². The van der Waals surface area contributed by atoms with Gasteiger partial charge in [-0.2, -0.15) is 0 Å². The number of nitrogens with zero attached hydrogens (tertiary/aromatic N) is 1. The van der Waals surface area contributed by atoms with Crippen LogP contribution in [0.3, 0.4) is 0 Å². The molecule has 0 fully saturated rings. The van der Waals surface area contributed by atoms with E-state index in [-0.39, 0.29) is 23.9 Å². The number of aromatic nitrogens is 1. The SMILES string of the molecule is COc1cc([N+](=O)[O-])ccc1NC(=O)CNCCc1c[nH]c2ccc(C)cc12. The van der Waals surface area contributed by atoms with E-state index in [0.717, 1.165) is 11.9 Å². The Morgan fingerprint density at radius 1 is 1.25 bits per heavy atom. The summed E-state index contributed by atoms with van der Waals surface area (Å²) in [6.07, 6.45) is 2.78. The van der Waals surface area contributed by atoms with Crippen LogP contribution in [-0.4, -0.2) is 36.0 Å².